The number of rotatable bonds is 3. The van der Waals surface area contributed by atoms with Gasteiger partial charge in [-0.25, -0.2) is 0 Å². The molecule has 0 atom stereocenters. The molecular weight excluding hydrogens is 296 g/mol. The molecule has 0 spiro atoms. The number of carbonyl (C=O) groups excluding carboxylic acids is 1. The number of hydrogen-bond acceptors (Lipinski definition) is 2. The predicted molar refractivity (Wildman–Crippen MR) is 78.2 cm³/mol. The summed E-state index contributed by atoms with van der Waals surface area (Å²) >= 11 is 4.79. The van der Waals surface area contributed by atoms with Crippen molar-refractivity contribution >= 4 is 32.8 Å². The van der Waals surface area contributed by atoms with Crippen molar-refractivity contribution in [3.63, 3.8) is 0 Å². The summed E-state index contributed by atoms with van der Waals surface area (Å²) in [6, 6.07) is 6.15. The lowest BCUT2D eigenvalue weighted by Gasteiger charge is -2.01. The molecule has 0 aliphatic heterocycles. The van der Waals surface area contributed by atoms with Crippen molar-refractivity contribution in [2.75, 3.05) is 5.75 Å². The summed E-state index contributed by atoms with van der Waals surface area (Å²) in [4.78, 5) is 10.7. The average Bonchev–Trinajstić information content (AvgIpc) is 2.29. The van der Waals surface area contributed by atoms with E-state index in [2.05, 4.69) is 40.8 Å². The third kappa shape index (κ3) is 5.43. The molecule has 17 heavy (non-hydrogen) atoms. The minimum absolute atomic E-state index is 0.157. The molecule has 1 aromatic rings. The van der Waals surface area contributed by atoms with Gasteiger partial charge in [0, 0.05) is 29.1 Å². The molecule has 0 unspecified atom stereocenters. The zero-order chi connectivity index (χ0) is 12.7. The van der Waals surface area contributed by atoms with Gasteiger partial charge in [-0.3, -0.25) is 4.79 Å². The third-order valence-corrected chi connectivity index (χ3v) is 3.51. The fourth-order valence-corrected chi connectivity index (χ4v) is 2.28. The molecular formula is C14H15BrOS. The largest absolute Gasteiger partial charge is 0.288 e. The van der Waals surface area contributed by atoms with Crippen molar-refractivity contribution in [1.29, 1.82) is 0 Å². The molecule has 1 rings (SSSR count). The zero-order valence-corrected chi connectivity index (χ0v) is 12.5. The first-order chi connectivity index (χ1) is 8.13. The van der Waals surface area contributed by atoms with Gasteiger partial charge in [0.15, 0.2) is 5.12 Å². The zero-order valence-electron chi connectivity index (χ0n) is 10.0. The Labute approximate surface area is 116 Å². The van der Waals surface area contributed by atoms with Gasteiger partial charge in [0.1, 0.15) is 0 Å². The normalized spacial score (nSPS) is 9.59. The van der Waals surface area contributed by atoms with Gasteiger partial charge in [-0.05, 0) is 30.2 Å². The molecule has 0 fully saturated rings. The molecule has 0 amide bonds. The Morgan fingerprint density at radius 1 is 1.47 bits per heavy atom. The van der Waals surface area contributed by atoms with E-state index < -0.39 is 0 Å². The van der Waals surface area contributed by atoms with E-state index in [-0.39, 0.29) is 5.12 Å². The molecule has 90 valence electrons. The van der Waals surface area contributed by atoms with Crippen LogP contribution in [0.25, 0.3) is 0 Å². The van der Waals surface area contributed by atoms with E-state index in [0.717, 1.165) is 28.6 Å². The van der Waals surface area contributed by atoms with E-state index in [4.69, 9.17) is 0 Å². The molecule has 0 aromatic heterocycles. The van der Waals surface area contributed by atoms with Crippen LogP contribution in [0.2, 0.25) is 0 Å². The maximum atomic E-state index is 10.7. The molecule has 0 saturated carbocycles. The van der Waals surface area contributed by atoms with Crippen molar-refractivity contribution in [3.8, 4) is 11.8 Å². The van der Waals surface area contributed by atoms with E-state index in [1.807, 2.05) is 12.1 Å². The second-order valence-corrected chi connectivity index (χ2v) is 5.73. The lowest BCUT2D eigenvalue weighted by atomic mass is 10.1. The van der Waals surface area contributed by atoms with Crippen LogP contribution >= 0.6 is 27.7 Å². The standard InChI is InChI=1S/C14H15BrOS/c1-3-12-10-14(15)8-7-13(12)6-4-5-9-17-11(2)16/h7-8,10H,3,5,9H2,1-2H3. The number of carbonyl (C=O) groups is 1. The first kappa shape index (κ1) is 14.3. The first-order valence-electron chi connectivity index (χ1n) is 5.54. The summed E-state index contributed by atoms with van der Waals surface area (Å²) in [5.74, 6) is 7.06. The SMILES string of the molecule is CCc1cc(Br)ccc1C#CCCSC(C)=O. The maximum Gasteiger partial charge on any atom is 0.185 e. The van der Waals surface area contributed by atoms with Gasteiger partial charge in [-0.1, -0.05) is 46.5 Å². The van der Waals surface area contributed by atoms with Crippen molar-refractivity contribution in [3.05, 3.63) is 33.8 Å². The third-order valence-electron chi connectivity index (χ3n) is 2.20. The fourth-order valence-electron chi connectivity index (χ4n) is 1.38. The fraction of sp³-hybridized carbons (Fsp3) is 0.357. The second-order valence-electron chi connectivity index (χ2n) is 3.55. The molecule has 0 heterocycles. The average molecular weight is 311 g/mol. The van der Waals surface area contributed by atoms with Gasteiger partial charge >= 0.3 is 0 Å². The van der Waals surface area contributed by atoms with Crippen LogP contribution in [0.1, 0.15) is 31.4 Å². The smallest absolute Gasteiger partial charge is 0.185 e. The molecule has 0 bridgehead atoms. The number of aryl methyl sites for hydroxylation is 1. The summed E-state index contributed by atoms with van der Waals surface area (Å²) < 4.78 is 1.09. The Kier molecular flexibility index (Phi) is 6.39. The van der Waals surface area contributed by atoms with Crippen LogP contribution in [0.4, 0.5) is 0 Å². The number of hydrogen-bond donors (Lipinski definition) is 0. The van der Waals surface area contributed by atoms with Gasteiger partial charge in [0.2, 0.25) is 0 Å². The van der Waals surface area contributed by atoms with Gasteiger partial charge < -0.3 is 0 Å². The Bertz CT molecular complexity index is 457. The highest BCUT2D eigenvalue weighted by atomic mass is 79.9. The maximum absolute atomic E-state index is 10.7. The lowest BCUT2D eigenvalue weighted by molar-refractivity contribution is -0.109. The predicted octanol–water partition coefficient (Wildman–Crippen LogP) is 4.03. The summed E-state index contributed by atoms with van der Waals surface area (Å²) in [6.07, 6.45) is 1.73. The van der Waals surface area contributed by atoms with Crippen LogP contribution in [0, 0.1) is 11.8 Å². The molecule has 1 nitrogen and oxygen atoms in total. The molecule has 0 saturated heterocycles. The highest BCUT2D eigenvalue weighted by Gasteiger charge is 1.98. The van der Waals surface area contributed by atoms with E-state index in [1.165, 1.54) is 17.3 Å². The van der Waals surface area contributed by atoms with Crippen LogP contribution in [-0.4, -0.2) is 10.9 Å². The Balaban J connectivity index is 2.62. The summed E-state index contributed by atoms with van der Waals surface area (Å²) in [5, 5.41) is 0.157. The van der Waals surface area contributed by atoms with Crippen molar-refractivity contribution in [2.45, 2.75) is 26.7 Å². The van der Waals surface area contributed by atoms with Crippen molar-refractivity contribution < 1.29 is 4.79 Å². The molecule has 0 radical (unpaired) electrons. The van der Waals surface area contributed by atoms with Crippen LogP contribution in [-0.2, 0) is 11.2 Å². The Morgan fingerprint density at radius 3 is 2.88 bits per heavy atom. The van der Waals surface area contributed by atoms with E-state index in [0.29, 0.717) is 0 Å². The van der Waals surface area contributed by atoms with Crippen LogP contribution in [0.3, 0.4) is 0 Å². The van der Waals surface area contributed by atoms with Crippen LogP contribution < -0.4 is 0 Å². The molecule has 0 aliphatic rings. The first-order valence-corrected chi connectivity index (χ1v) is 7.32. The van der Waals surface area contributed by atoms with Crippen LogP contribution in [0.15, 0.2) is 22.7 Å². The van der Waals surface area contributed by atoms with E-state index in [1.54, 1.807) is 6.92 Å². The van der Waals surface area contributed by atoms with Crippen molar-refractivity contribution in [2.24, 2.45) is 0 Å². The van der Waals surface area contributed by atoms with E-state index in [9.17, 15) is 4.79 Å². The highest BCUT2D eigenvalue weighted by Crippen LogP contribution is 2.16. The van der Waals surface area contributed by atoms with Gasteiger partial charge in [-0.2, -0.15) is 0 Å². The summed E-state index contributed by atoms with van der Waals surface area (Å²) in [6.45, 7) is 3.71. The van der Waals surface area contributed by atoms with Gasteiger partial charge in [0.25, 0.3) is 0 Å². The highest BCUT2D eigenvalue weighted by molar-refractivity contribution is 9.10. The lowest BCUT2D eigenvalue weighted by Crippen LogP contribution is -1.88. The number of thioether (sulfide) groups is 1. The molecule has 3 heteroatoms. The second kappa shape index (κ2) is 7.58. The van der Waals surface area contributed by atoms with Gasteiger partial charge in [0.05, 0.1) is 0 Å². The topological polar surface area (TPSA) is 17.1 Å². The van der Waals surface area contributed by atoms with Crippen LogP contribution in [0.5, 0.6) is 0 Å². The minimum Gasteiger partial charge on any atom is -0.288 e. The number of halogens is 1. The number of benzene rings is 1. The summed E-state index contributed by atoms with van der Waals surface area (Å²) in [5.41, 5.74) is 2.34. The Hall–Kier alpha value is -0.720. The van der Waals surface area contributed by atoms with Gasteiger partial charge in [-0.15, -0.1) is 0 Å². The summed E-state index contributed by atoms with van der Waals surface area (Å²) in [7, 11) is 0. The monoisotopic (exact) mass is 310 g/mol. The molecule has 0 N–H and O–H groups in total. The molecule has 1 aromatic carbocycles. The Morgan fingerprint density at radius 2 is 2.24 bits per heavy atom. The molecule has 0 aliphatic carbocycles. The van der Waals surface area contributed by atoms with Crippen molar-refractivity contribution in [1.82, 2.24) is 0 Å². The quantitative estimate of drug-likeness (QED) is 0.619. The van der Waals surface area contributed by atoms with E-state index >= 15 is 0 Å². The minimum atomic E-state index is 0.157.